The zero-order valence-electron chi connectivity index (χ0n) is 26.0. The van der Waals surface area contributed by atoms with Crippen LogP contribution in [0, 0.1) is 0 Å². The van der Waals surface area contributed by atoms with Gasteiger partial charge in [0.15, 0.2) is 0 Å². The molecule has 1 fully saturated rings. The average Bonchev–Trinajstić information content (AvgIpc) is 3.36. The van der Waals surface area contributed by atoms with Gasteiger partial charge in [-0.15, -0.1) is 0 Å². The Hall–Kier alpha value is -3.43. The van der Waals surface area contributed by atoms with Gasteiger partial charge in [-0.1, -0.05) is 65.4 Å². The maximum absolute atomic E-state index is 12.2. The highest BCUT2D eigenvalue weighted by molar-refractivity contribution is 8.16. The van der Waals surface area contributed by atoms with Crippen LogP contribution in [0.25, 0.3) is 11.0 Å². The molecule has 1 aliphatic rings. The summed E-state index contributed by atoms with van der Waals surface area (Å²) in [6.07, 6.45) is 0.458. The van der Waals surface area contributed by atoms with Gasteiger partial charge in [-0.2, -0.15) is 0 Å². The lowest BCUT2D eigenvalue weighted by Gasteiger charge is -2.28. The Morgan fingerprint density at radius 2 is 1.58 bits per heavy atom. The monoisotopic (exact) mass is 617 g/mol. The van der Waals surface area contributed by atoms with E-state index in [1.54, 1.807) is 18.7 Å². The first-order valence-corrected chi connectivity index (χ1v) is 15.9. The molecule has 43 heavy (non-hydrogen) atoms. The number of rotatable bonds is 7. The van der Waals surface area contributed by atoms with Crippen LogP contribution in [-0.4, -0.2) is 30.6 Å². The van der Waals surface area contributed by atoms with E-state index in [1.165, 1.54) is 0 Å². The van der Waals surface area contributed by atoms with Gasteiger partial charge in [0.2, 0.25) is 5.91 Å². The van der Waals surface area contributed by atoms with Gasteiger partial charge in [-0.25, -0.2) is 4.98 Å². The van der Waals surface area contributed by atoms with Gasteiger partial charge < -0.3 is 14.4 Å². The molecule has 226 valence electrons. The molecular weight excluding hydrogens is 579 g/mol. The molecule has 0 radical (unpaired) electrons. The quantitative estimate of drug-likeness (QED) is 0.218. The normalized spacial score (nSPS) is 17.5. The Morgan fingerprint density at radius 3 is 2.14 bits per heavy atom. The molecule has 0 bridgehead atoms. The highest BCUT2D eigenvalue weighted by atomic mass is 32.2. The van der Waals surface area contributed by atoms with Crippen molar-refractivity contribution in [2.75, 3.05) is 0 Å². The van der Waals surface area contributed by atoms with Gasteiger partial charge in [-0.3, -0.25) is 14.9 Å². The van der Waals surface area contributed by atoms with E-state index >= 15 is 0 Å². The summed E-state index contributed by atoms with van der Waals surface area (Å²) < 4.78 is 7.33. The van der Waals surface area contributed by atoms with Crippen molar-refractivity contribution in [1.82, 2.24) is 14.9 Å². The van der Waals surface area contributed by atoms with E-state index in [0.29, 0.717) is 24.5 Å². The first-order valence-electron chi connectivity index (χ1n) is 14.3. The summed E-state index contributed by atoms with van der Waals surface area (Å²) in [5.74, 6) is 1.64. The minimum absolute atomic E-state index is 0.188. The number of ether oxygens (including phenoxy) is 1. The van der Waals surface area contributed by atoms with Crippen molar-refractivity contribution in [2.45, 2.75) is 86.9 Å². The van der Waals surface area contributed by atoms with E-state index in [4.69, 9.17) is 9.72 Å². The number of carbonyl (C=O) groups is 2. The smallest absolute Gasteiger partial charge is 0.286 e. The lowest BCUT2D eigenvalue weighted by Crippen LogP contribution is -2.35. The summed E-state index contributed by atoms with van der Waals surface area (Å²) in [6.45, 7) is 14.9. The number of hydrogen-bond donors (Lipinski definition) is 2. The standard InChI is InChI=1S/C34H39N3O4S2/c1-32(2,3)24-15-23(16-25(29(24)38)33(4,5)6)42-22-13-14-26-27(17-22)37(8)28(35-26)19-41-21-11-9-20(10-12-21)18-34(7)30(39)36-31(40)43-34/h9-17,38H,18-19H2,1-8H3,(H,36,39,40)/t34-/m0/s1. The van der Waals surface area contributed by atoms with Gasteiger partial charge in [-0.05, 0) is 84.0 Å². The second kappa shape index (κ2) is 11.2. The summed E-state index contributed by atoms with van der Waals surface area (Å²) in [7, 11) is 1.99. The number of nitrogens with one attached hydrogen (secondary N) is 1. The van der Waals surface area contributed by atoms with Crippen molar-refractivity contribution in [2.24, 2.45) is 7.05 Å². The van der Waals surface area contributed by atoms with Crippen LogP contribution in [0.2, 0.25) is 0 Å². The first kappa shape index (κ1) is 31.0. The number of benzene rings is 3. The van der Waals surface area contributed by atoms with Crippen LogP contribution < -0.4 is 10.1 Å². The van der Waals surface area contributed by atoms with E-state index in [-0.39, 0.29) is 22.0 Å². The topological polar surface area (TPSA) is 93.5 Å². The van der Waals surface area contributed by atoms with Crippen LogP contribution in [0.15, 0.2) is 64.4 Å². The van der Waals surface area contributed by atoms with Crippen LogP contribution in [0.5, 0.6) is 11.5 Å². The molecular formula is C34H39N3O4S2. The fourth-order valence-corrected chi connectivity index (χ4v) is 7.09. The van der Waals surface area contributed by atoms with E-state index in [1.807, 2.05) is 37.4 Å². The number of thioether (sulfide) groups is 1. The van der Waals surface area contributed by atoms with Crippen molar-refractivity contribution in [1.29, 1.82) is 0 Å². The number of phenols is 1. The molecule has 1 saturated heterocycles. The van der Waals surface area contributed by atoms with E-state index in [2.05, 4.69) is 75.7 Å². The molecule has 1 atom stereocenters. The zero-order chi connectivity index (χ0) is 31.3. The SMILES string of the molecule is Cn1c(COc2ccc(C[C@]3(C)SC(=O)NC3=O)cc2)nc2ccc(Sc3cc(C(C)(C)C)c(O)c(C(C)(C)C)c3)cc21. The molecule has 2 heterocycles. The van der Waals surface area contributed by atoms with E-state index in [9.17, 15) is 14.7 Å². The van der Waals surface area contributed by atoms with Crippen molar-refractivity contribution in [3.05, 3.63) is 77.1 Å². The van der Waals surface area contributed by atoms with Crippen LogP contribution >= 0.6 is 23.5 Å². The number of nitrogens with zero attached hydrogens (tertiary/aromatic N) is 2. The number of amides is 2. The minimum Gasteiger partial charge on any atom is -0.507 e. The lowest BCUT2D eigenvalue weighted by atomic mass is 9.79. The minimum atomic E-state index is -0.796. The maximum Gasteiger partial charge on any atom is 0.286 e. The second-order valence-electron chi connectivity index (χ2n) is 13.4. The van der Waals surface area contributed by atoms with Crippen LogP contribution in [0.1, 0.15) is 71.0 Å². The Balaban J connectivity index is 1.31. The number of aromatic hydroxyl groups is 1. The number of hydrogen-bond acceptors (Lipinski definition) is 7. The lowest BCUT2D eigenvalue weighted by molar-refractivity contribution is -0.121. The number of aryl methyl sites for hydroxylation is 1. The fourth-order valence-electron chi connectivity index (χ4n) is 5.22. The Kier molecular flexibility index (Phi) is 8.11. The number of phenolic OH excluding ortho intramolecular Hbond substituents is 1. The Labute approximate surface area is 261 Å². The third-order valence-corrected chi connectivity index (χ3v) is 9.76. The second-order valence-corrected chi connectivity index (χ2v) is 16.0. The number of imidazole rings is 1. The van der Waals surface area contributed by atoms with Crippen LogP contribution in [0.3, 0.4) is 0 Å². The highest BCUT2D eigenvalue weighted by Crippen LogP contribution is 2.43. The Morgan fingerprint density at radius 1 is 0.953 bits per heavy atom. The largest absolute Gasteiger partial charge is 0.507 e. The molecule has 1 aromatic heterocycles. The summed E-state index contributed by atoms with van der Waals surface area (Å²) in [4.78, 5) is 30.8. The summed E-state index contributed by atoms with van der Waals surface area (Å²) >= 11 is 2.72. The number of fused-ring (bicyclic) bond motifs is 1. The van der Waals surface area contributed by atoms with E-state index in [0.717, 1.165) is 55.1 Å². The Bertz CT molecular complexity index is 1680. The molecule has 7 nitrogen and oxygen atoms in total. The highest BCUT2D eigenvalue weighted by Gasteiger charge is 2.43. The van der Waals surface area contributed by atoms with Crippen LogP contribution in [-0.2, 0) is 35.7 Å². The fraction of sp³-hybridized carbons (Fsp3) is 0.382. The third-order valence-electron chi connectivity index (χ3n) is 7.73. The number of carbonyl (C=O) groups excluding carboxylic acids is 2. The zero-order valence-corrected chi connectivity index (χ0v) is 27.6. The summed E-state index contributed by atoms with van der Waals surface area (Å²) in [5, 5.41) is 13.2. The molecule has 0 spiro atoms. The average molecular weight is 618 g/mol. The van der Waals surface area contributed by atoms with E-state index < -0.39 is 4.75 Å². The van der Waals surface area contributed by atoms with Gasteiger partial charge >= 0.3 is 0 Å². The van der Waals surface area contributed by atoms with Gasteiger partial charge in [0, 0.05) is 28.0 Å². The molecule has 0 aliphatic carbocycles. The van der Waals surface area contributed by atoms with Crippen molar-refractivity contribution in [3.8, 4) is 11.5 Å². The van der Waals surface area contributed by atoms with Gasteiger partial charge in [0.1, 0.15) is 28.7 Å². The summed E-state index contributed by atoms with van der Waals surface area (Å²) in [6, 6.07) is 18.1. The number of imide groups is 1. The maximum atomic E-state index is 12.2. The molecule has 4 aromatic rings. The first-order chi connectivity index (χ1) is 20.0. The molecule has 9 heteroatoms. The molecule has 0 saturated carbocycles. The third kappa shape index (κ3) is 6.58. The van der Waals surface area contributed by atoms with Crippen LogP contribution in [0.4, 0.5) is 4.79 Å². The molecule has 2 amide bonds. The summed E-state index contributed by atoms with van der Waals surface area (Å²) in [5.41, 5.74) is 4.38. The molecule has 1 aliphatic heterocycles. The van der Waals surface area contributed by atoms with Crippen molar-refractivity contribution in [3.63, 3.8) is 0 Å². The van der Waals surface area contributed by atoms with Crippen molar-refractivity contribution >= 4 is 45.7 Å². The molecule has 0 unspecified atom stereocenters. The predicted molar refractivity (Wildman–Crippen MR) is 174 cm³/mol. The molecule has 5 rings (SSSR count). The van der Waals surface area contributed by atoms with Gasteiger partial charge in [0.05, 0.1) is 11.0 Å². The predicted octanol–water partition coefficient (Wildman–Crippen LogP) is 7.89. The molecule has 2 N–H and O–H groups in total. The number of aromatic nitrogens is 2. The molecule has 3 aromatic carbocycles. The van der Waals surface area contributed by atoms with Gasteiger partial charge in [0.25, 0.3) is 5.24 Å². The van der Waals surface area contributed by atoms with Crippen molar-refractivity contribution < 1.29 is 19.4 Å².